The number of carbonyl (C=O) groups is 2. The van der Waals surface area contributed by atoms with Crippen molar-refractivity contribution in [2.75, 3.05) is 45.3 Å². The van der Waals surface area contributed by atoms with E-state index in [0.717, 1.165) is 60.8 Å². The molecule has 0 bridgehead atoms. The van der Waals surface area contributed by atoms with Crippen LogP contribution in [0.25, 0.3) is 0 Å². The van der Waals surface area contributed by atoms with E-state index in [1.54, 1.807) is 11.9 Å². The van der Waals surface area contributed by atoms with Gasteiger partial charge in [-0.2, -0.15) is 0 Å². The monoisotopic (exact) mass is 610 g/mol. The number of esters is 1. The molecule has 1 heterocycles. The van der Waals surface area contributed by atoms with Crippen LogP contribution in [0.15, 0.2) is 48.6 Å². The van der Waals surface area contributed by atoms with Gasteiger partial charge in [0.1, 0.15) is 5.75 Å². The average Bonchev–Trinajstić information content (AvgIpc) is 3.18. The molecule has 234 valence electrons. The second-order valence-electron chi connectivity index (χ2n) is 12.0. The van der Waals surface area contributed by atoms with E-state index in [9.17, 15) is 14.7 Å². The fraction of sp³-hybridized carbons (Fsp3) is 0.543. The SMILES string of the molecule is CCCc1cc(Cl)ccc1C1COc2ccc(CO)cc2N(CC2CCC2C/C=C/CCN(C)C(=O)CCC(=O)OC)C1. The number of fused-ring (bicyclic) bond motifs is 1. The number of halogens is 1. The molecule has 4 rings (SSSR count). The second kappa shape index (κ2) is 16.2. The smallest absolute Gasteiger partial charge is 0.306 e. The minimum atomic E-state index is -0.358. The van der Waals surface area contributed by atoms with Gasteiger partial charge in [0.15, 0.2) is 0 Å². The number of aliphatic hydroxyl groups excluding tert-OH is 1. The third kappa shape index (κ3) is 8.99. The normalized spacial score (nSPS) is 19.7. The molecular weight excluding hydrogens is 564 g/mol. The van der Waals surface area contributed by atoms with Gasteiger partial charge in [0.2, 0.25) is 5.91 Å². The minimum absolute atomic E-state index is 0.00525. The van der Waals surface area contributed by atoms with Crippen molar-refractivity contribution in [2.45, 2.75) is 70.8 Å². The fourth-order valence-corrected chi connectivity index (χ4v) is 6.41. The summed E-state index contributed by atoms with van der Waals surface area (Å²) in [4.78, 5) is 27.7. The molecule has 2 aromatic carbocycles. The molecule has 1 amide bonds. The highest BCUT2D eigenvalue weighted by molar-refractivity contribution is 6.30. The Morgan fingerprint density at radius 1 is 1.14 bits per heavy atom. The molecule has 2 aliphatic rings. The van der Waals surface area contributed by atoms with Crippen LogP contribution in [0, 0.1) is 11.8 Å². The summed E-state index contributed by atoms with van der Waals surface area (Å²) in [5.41, 5.74) is 4.58. The number of rotatable bonds is 14. The van der Waals surface area contributed by atoms with Crippen molar-refractivity contribution in [3.63, 3.8) is 0 Å². The summed E-state index contributed by atoms with van der Waals surface area (Å²) in [5.74, 6) is 1.90. The molecule has 7 nitrogen and oxygen atoms in total. The number of aryl methyl sites for hydroxylation is 1. The molecular formula is C35H47ClN2O5. The Morgan fingerprint density at radius 2 is 1.95 bits per heavy atom. The molecule has 1 saturated carbocycles. The number of nitrogens with zero attached hydrogens (tertiary/aromatic N) is 2. The summed E-state index contributed by atoms with van der Waals surface area (Å²) < 4.78 is 11.0. The minimum Gasteiger partial charge on any atom is -0.491 e. The number of benzene rings is 2. The zero-order valence-corrected chi connectivity index (χ0v) is 26.7. The third-order valence-electron chi connectivity index (χ3n) is 8.95. The molecule has 8 heteroatoms. The Balaban J connectivity index is 1.38. The average molecular weight is 611 g/mol. The Kier molecular flexibility index (Phi) is 12.4. The predicted octanol–water partition coefficient (Wildman–Crippen LogP) is 6.54. The van der Waals surface area contributed by atoms with E-state index in [1.807, 2.05) is 18.2 Å². The molecule has 0 saturated heterocycles. The number of methoxy groups -OCH3 is 1. The molecule has 43 heavy (non-hydrogen) atoms. The lowest BCUT2D eigenvalue weighted by molar-refractivity contribution is -0.143. The lowest BCUT2D eigenvalue weighted by Crippen LogP contribution is -2.40. The van der Waals surface area contributed by atoms with Crippen LogP contribution in [0.4, 0.5) is 5.69 Å². The van der Waals surface area contributed by atoms with Gasteiger partial charge >= 0.3 is 5.97 Å². The molecule has 3 unspecified atom stereocenters. The number of allylic oxidation sites excluding steroid dienone is 1. The van der Waals surface area contributed by atoms with Gasteiger partial charge in [-0.05, 0) is 84.9 Å². The highest BCUT2D eigenvalue weighted by atomic mass is 35.5. The number of carbonyl (C=O) groups excluding carboxylic acids is 2. The maximum Gasteiger partial charge on any atom is 0.306 e. The first kappa shape index (κ1) is 32.9. The highest BCUT2D eigenvalue weighted by Crippen LogP contribution is 2.42. The maximum absolute atomic E-state index is 12.2. The fourth-order valence-electron chi connectivity index (χ4n) is 6.21. The van der Waals surface area contributed by atoms with Gasteiger partial charge in [-0.3, -0.25) is 9.59 Å². The number of hydrogen-bond acceptors (Lipinski definition) is 6. The molecule has 3 atom stereocenters. The van der Waals surface area contributed by atoms with Gasteiger partial charge in [0.25, 0.3) is 0 Å². The molecule has 2 aromatic rings. The summed E-state index contributed by atoms with van der Waals surface area (Å²) in [6, 6.07) is 12.3. The Labute approximate surface area is 261 Å². The molecule has 0 aromatic heterocycles. The van der Waals surface area contributed by atoms with Crippen molar-refractivity contribution in [1.82, 2.24) is 4.90 Å². The molecule has 0 radical (unpaired) electrons. The summed E-state index contributed by atoms with van der Waals surface area (Å²) >= 11 is 6.39. The van der Waals surface area contributed by atoms with E-state index in [0.29, 0.717) is 25.0 Å². The van der Waals surface area contributed by atoms with E-state index in [4.69, 9.17) is 16.3 Å². The van der Waals surface area contributed by atoms with Crippen molar-refractivity contribution in [3.05, 3.63) is 70.3 Å². The van der Waals surface area contributed by atoms with Crippen molar-refractivity contribution in [2.24, 2.45) is 11.8 Å². The van der Waals surface area contributed by atoms with E-state index in [1.165, 1.54) is 31.1 Å². The van der Waals surface area contributed by atoms with Gasteiger partial charge in [-0.25, -0.2) is 0 Å². The number of amides is 1. The summed E-state index contributed by atoms with van der Waals surface area (Å²) in [5, 5.41) is 10.6. The van der Waals surface area contributed by atoms with E-state index in [-0.39, 0.29) is 37.2 Å². The topological polar surface area (TPSA) is 79.3 Å². The molecule has 1 N–H and O–H groups in total. The lowest BCUT2D eigenvalue weighted by atomic mass is 9.71. The van der Waals surface area contributed by atoms with Crippen LogP contribution < -0.4 is 9.64 Å². The molecule has 1 fully saturated rings. The zero-order chi connectivity index (χ0) is 30.8. The van der Waals surface area contributed by atoms with Crippen LogP contribution in [0.5, 0.6) is 5.75 Å². The largest absolute Gasteiger partial charge is 0.491 e. The Hall–Kier alpha value is -3.03. The van der Waals surface area contributed by atoms with Crippen LogP contribution >= 0.6 is 11.6 Å². The van der Waals surface area contributed by atoms with Gasteiger partial charge in [0, 0.05) is 44.0 Å². The van der Waals surface area contributed by atoms with Crippen LogP contribution in [0.3, 0.4) is 0 Å². The molecule has 1 aliphatic carbocycles. The van der Waals surface area contributed by atoms with Crippen LogP contribution in [0.2, 0.25) is 5.02 Å². The Bertz CT molecular complexity index is 1260. The molecule has 0 spiro atoms. The molecule has 1 aliphatic heterocycles. The van der Waals surface area contributed by atoms with Crippen molar-refractivity contribution < 1.29 is 24.2 Å². The third-order valence-corrected chi connectivity index (χ3v) is 9.19. The standard InChI is InChI=1S/C35H47ClN2O5/c1-4-8-27-20-30(36)13-14-31(27)29-22-38(32-19-25(23-39)10-15-33(32)43-24-29)21-28-12-11-26(28)9-6-5-7-18-37(2)34(40)16-17-35(41)42-3/h5-6,10,13-15,19-20,26,28-29,39H,4,7-9,11-12,16-18,21-24H2,1-3H3/b6-5+. The number of aliphatic hydroxyl groups is 1. The van der Waals surface area contributed by atoms with Crippen LogP contribution in [0.1, 0.15) is 74.5 Å². The number of hydrogen-bond donors (Lipinski definition) is 1. The van der Waals surface area contributed by atoms with Gasteiger partial charge < -0.3 is 24.4 Å². The van der Waals surface area contributed by atoms with Crippen LogP contribution in [-0.4, -0.2) is 62.3 Å². The highest BCUT2D eigenvalue weighted by Gasteiger charge is 2.34. The first-order valence-electron chi connectivity index (χ1n) is 15.7. The zero-order valence-electron chi connectivity index (χ0n) is 25.9. The maximum atomic E-state index is 12.2. The summed E-state index contributed by atoms with van der Waals surface area (Å²) in [6.07, 6.45) is 11.0. The lowest BCUT2D eigenvalue weighted by Gasteiger charge is -2.41. The van der Waals surface area contributed by atoms with Crippen molar-refractivity contribution >= 4 is 29.2 Å². The quantitative estimate of drug-likeness (QED) is 0.193. The first-order valence-corrected chi connectivity index (χ1v) is 16.1. The number of ether oxygens (including phenoxy) is 2. The first-order chi connectivity index (χ1) is 20.8. The van der Waals surface area contributed by atoms with E-state index in [2.05, 4.69) is 46.9 Å². The van der Waals surface area contributed by atoms with Crippen LogP contribution in [-0.2, 0) is 27.4 Å². The summed E-state index contributed by atoms with van der Waals surface area (Å²) in [6.45, 7) is 5.25. The van der Waals surface area contributed by atoms with Crippen molar-refractivity contribution in [1.29, 1.82) is 0 Å². The van der Waals surface area contributed by atoms with E-state index < -0.39 is 0 Å². The number of anilines is 1. The Morgan fingerprint density at radius 3 is 2.67 bits per heavy atom. The van der Waals surface area contributed by atoms with Gasteiger partial charge in [-0.15, -0.1) is 0 Å². The van der Waals surface area contributed by atoms with E-state index >= 15 is 0 Å². The van der Waals surface area contributed by atoms with Crippen molar-refractivity contribution in [3.8, 4) is 5.75 Å². The van der Waals surface area contributed by atoms with Gasteiger partial charge in [-0.1, -0.05) is 49.2 Å². The summed E-state index contributed by atoms with van der Waals surface area (Å²) in [7, 11) is 3.12. The predicted molar refractivity (Wildman–Crippen MR) is 172 cm³/mol. The van der Waals surface area contributed by atoms with Gasteiger partial charge in [0.05, 0.1) is 32.4 Å². The second-order valence-corrected chi connectivity index (χ2v) is 12.4.